The number of hydrazone groups is 1. The number of nitrogens with one attached hydrogen (secondary N) is 1. The number of benzene rings is 2. The molecule has 0 saturated carbocycles. The lowest BCUT2D eigenvalue weighted by atomic mass is 10.1. The van der Waals surface area contributed by atoms with Crippen LogP contribution in [-0.4, -0.2) is 16.7 Å². The molecule has 27 heavy (non-hydrogen) atoms. The van der Waals surface area contributed by atoms with Crippen LogP contribution < -0.4 is 5.43 Å². The summed E-state index contributed by atoms with van der Waals surface area (Å²) in [6.45, 7) is 3.95. The average Bonchev–Trinajstić information content (AvgIpc) is 2.95. The maximum absolute atomic E-state index is 13.2. The van der Waals surface area contributed by atoms with Crippen molar-refractivity contribution in [2.75, 3.05) is 0 Å². The van der Waals surface area contributed by atoms with Crippen molar-refractivity contribution in [3.63, 3.8) is 0 Å². The number of nitrogens with zero attached hydrogens (tertiary/aromatic N) is 2. The fourth-order valence-corrected chi connectivity index (χ4v) is 3.04. The van der Waals surface area contributed by atoms with Crippen LogP contribution in [0, 0.1) is 19.7 Å². The van der Waals surface area contributed by atoms with Crippen molar-refractivity contribution < 1.29 is 9.18 Å². The molecule has 0 bridgehead atoms. The van der Waals surface area contributed by atoms with Crippen LogP contribution in [0.3, 0.4) is 0 Å². The predicted molar refractivity (Wildman–Crippen MR) is 106 cm³/mol. The second-order valence-corrected chi connectivity index (χ2v) is 6.42. The number of carbonyl (C=O) groups excluding carboxylic acids is 1. The standard InChI is InChI=1S/C22H22FN3O/c1-16-14-19(17(2)26(16)21-11-9-20(23)10-12-21)15-24-25-22(27)13-8-18-6-4-3-5-7-18/h3-7,9-12,14-15H,8,13H2,1-2H3,(H,25,27)/b24-15-. The highest BCUT2D eigenvalue weighted by atomic mass is 19.1. The molecular formula is C22H22FN3O. The van der Waals surface area contributed by atoms with E-state index in [1.54, 1.807) is 18.3 Å². The summed E-state index contributed by atoms with van der Waals surface area (Å²) in [6.07, 6.45) is 2.71. The van der Waals surface area contributed by atoms with Gasteiger partial charge in [0.1, 0.15) is 5.82 Å². The summed E-state index contributed by atoms with van der Waals surface area (Å²) in [6, 6.07) is 18.2. The molecule has 0 aliphatic carbocycles. The molecule has 0 aliphatic rings. The van der Waals surface area contributed by atoms with Crippen LogP contribution in [0.4, 0.5) is 4.39 Å². The minimum atomic E-state index is -0.263. The molecule has 5 heteroatoms. The third-order valence-electron chi connectivity index (χ3n) is 4.43. The van der Waals surface area contributed by atoms with Crippen molar-refractivity contribution in [3.8, 4) is 5.69 Å². The van der Waals surface area contributed by atoms with Crippen molar-refractivity contribution in [3.05, 3.63) is 89.0 Å². The Kier molecular flexibility index (Phi) is 5.81. The van der Waals surface area contributed by atoms with Crippen LogP contribution in [0.5, 0.6) is 0 Å². The van der Waals surface area contributed by atoms with Crippen molar-refractivity contribution in [1.29, 1.82) is 0 Å². The number of hydrogen-bond donors (Lipinski definition) is 1. The lowest BCUT2D eigenvalue weighted by Gasteiger charge is -2.09. The van der Waals surface area contributed by atoms with Gasteiger partial charge in [0.25, 0.3) is 0 Å². The van der Waals surface area contributed by atoms with E-state index in [0.717, 1.165) is 28.2 Å². The summed E-state index contributed by atoms with van der Waals surface area (Å²) < 4.78 is 15.2. The Balaban J connectivity index is 1.63. The Morgan fingerprint density at radius 1 is 1.11 bits per heavy atom. The zero-order valence-corrected chi connectivity index (χ0v) is 15.4. The lowest BCUT2D eigenvalue weighted by Crippen LogP contribution is -2.17. The van der Waals surface area contributed by atoms with Gasteiger partial charge < -0.3 is 4.57 Å². The highest BCUT2D eigenvalue weighted by molar-refractivity contribution is 5.84. The number of carbonyl (C=O) groups is 1. The molecule has 0 aliphatic heterocycles. The monoisotopic (exact) mass is 363 g/mol. The van der Waals surface area contributed by atoms with Gasteiger partial charge in [-0.2, -0.15) is 5.10 Å². The van der Waals surface area contributed by atoms with Gasteiger partial charge in [-0.25, -0.2) is 9.82 Å². The van der Waals surface area contributed by atoms with Gasteiger partial charge in [-0.15, -0.1) is 0 Å². The molecule has 3 aromatic rings. The molecule has 0 unspecified atom stereocenters. The minimum absolute atomic E-state index is 0.123. The first-order valence-electron chi connectivity index (χ1n) is 8.85. The number of aromatic nitrogens is 1. The number of hydrogen-bond acceptors (Lipinski definition) is 2. The molecule has 1 amide bonds. The van der Waals surface area contributed by atoms with E-state index in [1.165, 1.54) is 12.1 Å². The van der Waals surface area contributed by atoms with Crippen LogP contribution in [-0.2, 0) is 11.2 Å². The topological polar surface area (TPSA) is 46.4 Å². The maximum atomic E-state index is 13.2. The van der Waals surface area contributed by atoms with E-state index in [4.69, 9.17) is 0 Å². The van der Waals surface area contributed by atoms with Crippen LogP contribution in [0.25, 0.3) is 5.69 Å². The van der Waals surface area contributed by atoms with Gasteiger partial charge in [0, 0.05) is 29.1 Å². The zero-order valence-electron chi connectivity index (χ0n) is 15.4. The van der Waals surface area contributed by atoms with Crippen molar-refractivity contribution in [1.82, 2.24) is 9.99 Å². The molecule has 4 nitrogen and oxygen atoms in total. The number of halogens is 1. The summed E-state index contributed by atoms with van der Waals surface area (Å²) in [7, 11) is 0. The summed E-state index contributed by atoms with van der Waals surface area (Å²) in [5, 5.41) is 4.08. The molecule has 1 aromatic heterocycles. The molecule has 0 fully saturated rings. The van der Waals surface area contributed by atoms with E-state index >= 15 is 0 Å². The molecule has 2 aromatic carbocycles. The molecule has 0 radical (unpaired) electrons. The summed E-state index contributed by atoms with van der Waals surface area (Å²) in [5.74, 6) is -0.386. The predicted octanol–water partition coefficient (Wildman–Crippen LogP) is 4.32. The zero-order chi connectivity index (χ0) is 19.2. The lowest BCUT2D eigenvalue weighted by molar-refractivity contribution is -0.121. The van der Waals surface area contributed by atoms with E-state index in [2.05, 4.69) is 10.5 Å². The van der Waals surface area contributed by atoms with Crippen molar-refractivity contribution in [2.24, 2.45) is 5.10 Å². The van der Waals surface area contributed by atoms with Gasteiger partial charge in [-0.1, -0.05) is 30.3 Å². The maximum Gasteiger partial charge on any atom is 0.240 e. The molecule has 0 spiro atoms. The molecule has 0 atom stereocenters. The van der Waals surface area contributed by atoms with Gasteiger partial charge in [0.2, 0.25) is 5.91 Å². The Hall–Kier alpha value is -3.21. The second kappa shape index (κ2) is 8.45. The molecule has 1 N–H and O–H groups in total. The second-order valence-electron chi connectivity index (χ2n) is 6.42. The van der Waals surface area contributed by atoms with Crippen molar-refractivity contribution in [2.45, 2.75) is 26.7 Å². The highest BCUT2D eigenvalue weighted by Crippen LogP contribution is 2.20. The highest BCUT2D eigenvalue weighted by Gasteiger charge is 2.09. The van der Waals surface area contributed by atoms with Gasteiger partial charge in [-0.3, -0.25) is 4.79 Å². The fraction of sp³-hybridized carbons (Fsp3) is 0.182. The molecule has 0 saturated heterocycles. The first-order valence-corrected chi connectivity index (χ1v) is 8.85. The van der Waals surface area contributed by atoms with E-state index in [1.807, 2.05) is 54.8 Å². The number of rotatable bonds is 6. The Morgan fingerprint density at radius 3 is 2.52 bits per heavy atom. The quantitative estimate of drug-likeness (QED) is 0.515. The van der Waals surface area contributed by atoms with Gasteiger partial charge in [0.05, 0.1) is 6.21 Å². The fourth-order valence-electron chi connectivity index (χ4n) is 3.04. The van der Waals surface area contributed by atoms with Gasteiger partial charge >= 0.3 is 0 Å². The largest absolute Gasteiger partial charge is 0.318 e. The van der Waals surface area contributed by atoms with E-state index in [-0.39, 0.29) is 11.7 Å². The molecule has 138 valence electrons. The van der Waals surface area contributed by atoms with Crippen LogP contribution >= 0.6 is 0 Å². The minimum Gasteiger partial charge on any atom is -0.318 e. The summed E-state index contributed by atoms with van der Waals surface area (Å²) in [5.41, 5.74) is 7.47. The first kappa shape index (κ1) is 18.6. The molecular weight excluding hydrogens is 341 g/mol. The van der Waals surface area contributed by atoms with Crippen molar-refractivity contribution >= 4 is 12.1 Å². The van der Waals surface area contributed by atoms with E-state index < -0.39 is 0 Å². The number of aryl methyl sites for hydroxylation is 2. The SMILES string of the molecule is Cc1cc(/C=N\NC(=O)CCc2ccccc2)c(C)n1-c1ccc(F)cc1. The smallest absolute Gasteiger partial charge is 0.240 e. The first-order chi connectivity index (χ1) is 13.0. The Morgan fingerprint density at radius 2 is 1.81 bits per heavy atom. The Bertz CT molecular complexity index is 944. The number of amides is 1. The van der Waals surface area contributed by atoms with Crippen LogP contribution in [0.2, 0.25) is 0 Å². The van der Waals surface area contributed by atoms with E-state index in [9.17, 15) is 9.18 Å². The average molecular weight is 363 g/mol. The van der Waals surface area contributed by atoms with E-state index in [0.29, 0.717) is 12.8 Å². The molecule has 3 rings (SSSR count). The molecule has 1 heterocycles. The normalized spacial score (nSPS) is 11.1. The summed E-state index contributed by atoms with van der Waals surface area (Å²) in [4.78, 5) is 12.0. The summed E-state index contributed by atoms with van der Waals surface area (Å²) >= 11 is 0. The van der Waals surface area contributed by atoms with Gasteiger partial charge in [-0.05, 0) is 56.2 Å². The third-order valence-corrected chi connectivity index (χ3v) is 4.43. The third kappa shape index (κ3) is 4.70. The van der Waals surface area contributed by atoms with Crippen LogP contribution in [0.15, 0.2) is 65.8 Å². The van der Waals surface area contributed by atoms with Crippen LogP contribution in [0.1, 0.15) is 28.9 Å². The van der Waals surface area contributed by atoms with Gasteiger partial charge in [0.15, 0.2) is 0 Å². The Labute approximate surface area is 158 Å².